The summed E-state index contributed by atoms with van der Waals surface area (Å²) in [7, 11) is 1.59. The fourth-order valence-corrected chi connectivity index (χ4v) is 3.42. The lowest BCUT2D eigenvalue weighted by Gasteiger charge is -2.14. The van der Waals surface area contributed by atoms with Gasteiger partial charge >= 0.3 is 0 Å². The molecule has 0 spiro atoms. The molecule has 0 fully saturated rings. The number of ether oxygens (including phenoxy) is 2. The third-order valence-electron chi connectivity index (χ3n) is 4.80. The molecular formula is C22H22N2O4. The lowest BCUT2D eigenvalue weighted by Crippen LogP contribution is -2.19. The van der Waals surface area contributed by atoms with Crippen molar-refractivity contribution in [3.8, 4) is 22.6 Å². The van der Waals surface area contributed by atoms with Crippen LogP contribution in [0.2, 0.25) is 0 Å². The van der Waals surface area contributed by atoms with Gasteiger partial charge in [-0.05, 0) is 42.7 Å². The molecule has 0 atom stereocenters. The Morgan fingerprint density at radius 2 is 1.93 bits per heavy atom. The maximum absolute atomic E-state index is 11.9. The van der Waals surface area contributed by atoms with E-state index in [0.29, 0.717) is 18.9 Å². The third kappa shape index (κ3) is 3.83. The molecule has 3 aromatic rings. The first-order valence-corrected chi connectivity index (χ1v) is 9.30. The fourth-order valence-electron chi connectivity index (χ4n) is 3.42. The number of hydrogen-bond donors (Lipinski definition) is 1. The molecule has 1 aliphatic carbocycles. The Morgan fingerprint density at radius 1 is 1.11 bits per heavy atom. The summed E-state index contributed by atoms with van der Waals surface area (Å²) in [6.45, 7) is 0.858. The summed E-state index contributed by atoms with van der Waals surface area (Å²) < 4.78 is 15.8. The first kappa shape index (κ1) is 18.4. The molecule has 0 unspecified atom stereocenters. The van der Waals surface area contributed by atoms with Crippen molar-refractivity contribution < 1.29 is 18.8 Å². The molecule has 0 saturated carbocycles. The smallest absolute Gasteiger partial charge is 0.250 e. The van der Waals surface area contributed by atoms with Gasteiger partial charge in [0.1, 0.15) is 12.3 Å². The van der Waals surface area contributed by atoms with Crippen molar-refractivity contribution in [3.63, 3.8) is 0 Å². The van der Waals surface area contributed by atoms with Crippen molar-refractivity contribution >= 4 is 11.6 Å². The zero-order valence-electron chi connectivity index (χ0n) is 15.7. The van der Waals surface area contributed by atoms with Gasteiger partial charge in [0.05, 0.1) is 13.2 Å². The van der Waals surface area contributed by atoms with E-state index in [9.17, 15) is 4.79 Å². The minimum Gasteiger partial charge on any atom is -0.382 e. The van der Waals surface area contributed by atoms with Crippen LogP contribution in [0.4, 0.5) is 5.69 Å². The van der Waals surface area contributed by atoms with Crippen LogP contribution in [0.5, 0.6) is 0 Å². The van der Waals surface area contributed by atoms with Crippen LogP contribution in [0.3, 0.4) is 0 Å². The number of rotatable bonds is 7. The molecule has 0 aliphatic heterocycles. The van der Waals surface area contributed by atoms with E-state index < -0.39 is 0 Å². The second-order valence-corrected chi connectivity index (χ2v) is 6.67. The van der Waals surface area contributed by atoms with Gasteiger partial charge in [0.15, 0.2) is 5.76 Å². The van der Waals surface area contributed by atoms with Crippen LogP contribution in [-0.4, -0.2) is 38.0 Å². The van der Waals surface area contributed by atoms with Crippen molar-refractivity contribution in [2.75, 3.05) is 32.2 Å². The summed E-state index contributed by atoms with van der Waals surface area (Å²) in [6, 6.07) is 15.9. The van der Waals surface area contributed by atoms with Gasteiger partial charge in [0.2, 0.25) is 5.91 Å². The normalized spacial score (nSPS) is 12.3. The maximum atomic E-state index is 11.9. The average Bonchev–Trinajstić information content (AvgIpc) is 3.16. The molecule has 2 aromatic carbocycles. The Morgan fingerprint density at radius 3 is 2.75 bits per heavy atom. The Bertz CT molecular complexity index is 963. The summed E-state index contributed by atoms with van der Waals surface area (Å²) in [5, 5.41) is 7.14. The van der Waals surface area contributed by atoms with Gasteiger partial charge in [-0.25, -0.2) is 0 Å². The highest BCUT2D eigenvalue weighted by atomic mass is 16.5. The van der Waals surface area contributed by atoms with Gasteiger partial charge < -0.3 is 19.3 Å². The van der Waals surface area contributed by atoms with Gasteiger partial charge in [0, 0.05) is 29.5 Å². The molecule has 6 heteroatoms. The summed E-state index contributed by atoms with van der Waals surface area (Å²) in [6.07, 6.45) is 1.89. The lowest BCUT2D eigenvalue weighted by molar-refractivity contribution is -0.121. The number of fused-ring (bicyclic) bond motifs is 3. The topological polar surface area (TPSA) is 73.6 Å². The standard InChI is InChI=1S/C22H22N2O4/c1-26-12-13-27-14-20(25)23-17-9-6-16(7-10-17)22-19-11-8-15-4-2-3-5-18(15)21(19)24-28-22/h2-7,9-10H,8,11-14H2,1H3,(H,23,25). The Kier molecular flexibility index (Phi) is 5.50. The number of aromatic nitrogens is 1. The molecule has 1 amide bonds. The number of carbonyl (C=O) groups excluding carboxylic acids is 1. The molecule has 1 aromatic heterocycles. The molecule has 1 aliphatic rings. The summed E-state index contributed by atoms with van der Waals surface area (Å²) in [5.74, 6) is 0.600. The van der Waals surface area contributed by atoms with E-state index in [1.54, 1.807) is 7.11 Å². The molecule has 28 heavy (non-hydrogen) atoms. The number of benzene rings is 2. The fraction of sp³-hybridized carbons (Fsp3) is 0.273. The number of hydrogen-bond acceptors (Lipinski definition) is 5. The minimum absolute atomic E-state index is 0.000131. The van der Waals surface area contributed by atoms with Crippen LogP contribution in [0.25, 0.3) is 22.6 Å². The van der Waals surface area contributed by atoms with Crippen LogP contribution in [0.15, 0.2) is 53.1 Å². The minimum atomic E-state index is -0.197. The molecular weight excluding hydrogens is 356 g/mol. The van der Waals surface area contributed by atoms with Crippen molar-refractivity contribution in [3.05, 3.63) is 59.7 Å². The predicted molar refractivity (Wildman–Crippen MR) is 106 cm³/mol. The highest BCUT2D eigenvalue weighted by Gasteiger charge is 2.24. The molecule has 6 nitrogen and oxygen atoms in total. The first-order valence-electron chi connectivity index (χ1n) is 9.30. The first-order chi connectivity index (χ1) is 13.8. The second kappa shape index (κ2) is 8.37. The van der Waals surface area contributed by atoms with Gasteiger partial charge in [-0.3, -0.25) is 4.79 Å². The van der Waals surface area contributed by atoms with Crippen LogP contribution in [0, 0.1) is 0 Å². The summed E-state index contributed by atoms with van der Waals surface area (Å²) in [4.78, 5) is 11.9. The second-order valence-electron chi connectivity index (χ2n) is 6.67. The van der Waals surface area contributed by atoms with Crippen LogP contribution >= 0.6 is 0 Å². The van der Waals surface area contributed by atoms with Gasteiger partial charge in [-0.15, -0.1) is 0 Å². The van der Waals surface area contributed by atoms with E-state index in [1.165, 1.54) is 5.56 Å². The van der Waals surface area contributed by atoms with E-state index in [1.807, 2.05) is 30.3 Å². The molecule has 4 rings (SSSR count). The number of anilines is 1. The van der Waals surface area contributed by atoms with E-state index in [0.717, 1.165) is 41.0 Å². The van der Waals surface area contributed by atoms with E-state index in [4.69, 9.17) is 14.0 Å². The average molecular weight is 378 g/mol. The molecule has 0 bridgehead atoms. The lowest BCUT2D eigenvalue weighted by atomic mass is 9.88. The number of amides is 1. The summed E-state index contributed by atoms with van der Waals surface area (Å²) in [5.41, 5.74) is 6.19. The Balaban J connectivity index is 1.46. The summed E-state index contributed by atoms with van der Waals surface area (Å²) >= 11 is 0. The molecule has 1 heterocycles. The van der Waals surface area contributed by atoms with E-state index >= 15 is 0 Å². The highest BCUT2D eigenvalue weighted by Crippen LogP contribution is 2.38. The Labute approximate surface area is 163 Å². The van der Waals surface area contributed by atoms with E-state index in [2.05, 4.69) is 28.7 Å². The Hall–Kier alpha value is -2.96. The molecule has 0 saturated heterocycles. The largest absolute Gasteiger partial charge is 0.382 e. The number of methoxy groups -OCH3 is 1. The van der Waals surface area contributed by atoms with Crippen LogP contribution in [-0.2, 0) is 27.1 Å². The van der Waals surface area contributed by atoms with Gasteiger partial charge in [0.25, 0.3) is 0 Å². The number of nitrogens with zero attached hydrogens (tertiary/aromatic N) is 1. The van der Waals surface area contributed by atoms with Crippen LogP contribution in [0.1, 0.15) is 11.1 Å². The van der Waals surface area contributed by atoms with E-state index in [-0.39, 0.29) is 12.5 Å². The maximum Gasteiger partial charge on any atom is 0.250 e. The van der Waals surface area contributed by atoms with Crippen molar-refractivity contribution in [1.29, 1.82) is 0 Å². The van der Waals surface area contributed by atoms with Crippen molar-refractivity contribution in [2.45, 2.75) is 12.8 Å². The number of aryl methyl sites for hydroxylation is 1. The van der Waals surface area contributed by atoms with Gasteiger partial charge in [-0.2, -0.15) is 0 Å². The number of carbonyl (C=O) groups is 1. The molecule has 0 radical (unpaired) electrons. The zero-order valence-corrected chi connectivity index (χ0v) is 15.7. The number of nitrogens with one attached hydrogen (secondary N) is 1. The van der Waals surface area contributed by atoms with Crippen LogP contribution < -0.4 is 5.32 Å². The predicted octanol–water partition coefficient (Wildman–Crippen LogP) is 3.71. The molecule has 1 N–H and O–H groups in total. The monoisotopic (exact) mass is 378 g/mol. The highest BCUT2D eigenvalue weighted by molar-refractivity contribution is 5.92. The SMILES string of the molecule is COCCOCC(=O)Nc1ccc(-c2onc3c2CCc2ccccc2-3)cc1. The zero-order chi connectivity index (χ0) is 19.3. The van der Waals surface area contributed by atoms with Gasteiger partial charge in [-0.1, -0.05) is 29.4 Å². The van der Waals surface area contributed by atoms with Crippen molar-refractivity contribution in [1.82, 2.24) is 5.16 Å². The van der Waals surface area contributed by atoms with Crippen molar-refractivity contribution in [2.24, 2.45) is 0 Å². The molecule has 144 valence electrons. The third-order valence-corrected chi connectivity index (χ3v) is 4.80. The quantitative estimate of drug-likeness (QED) is 0.635.